The average Bonchev–Trinajstić information content (AvgIpc) is 3.70. The number of hydrogen-bond donors (Lipinski definition) is 2. The molecule has 234 valence electrons. The molecule has 6 rings (SSSR count). The van der Waals surface area contributed by atoms with Gasteiger partial charge in [0.1, 0.15) is 5.82 Å². The minimum atomic E-state index is -0.341. The fourth-order valence-electron chi connectivity index (χ4n) is 5.53. The van der Waals surface area contributed by atoms with Crippen molar-refractivity contribution in [3.05, 3.63) is 64.7 Å². The van der Waals surface area contributed by atoms with Crippen LogP contribution in [0.4, 0.5) is 0 Å². The van der Waals surface area contributed by atoms with Gasteiger partial charge in [-0.1, -0.05) is 78.2 Å². The molecule has 4 heterocycles. The van der Waals surface area contributed by atoms with Crippen LogP contribution in [-0.2, 0) is 18.9 Å². The second-order valence-electron chi connectivity index (χ2n) is 11.7. The summed E-state index contributed by atoms with van der Waals surface area (Å²) in [6.45, 7) is 18.0. The van der Waals surface area contributed by atoms with E-state index in [1.165, 1.54) is 5.56 Å². The summed E-state index contributed by atoms with van der Waals surface area (Å²) in [7, 11) is 1.94. The number of benzene rings is 1. The van der Waals surface area contributed by atoms with Gasteiger partial charge in [-0.3, -0.25) is 9.48 Å². The van der Waals surface area contributed by atoms with Gasteiger partial charge in [-0.15, -0.1) is 0 Å². The Morgan fingerprint density at radius 2 is 1.82 bits per heavy atom. The number of fused-ring (bicyclic) bond motifs is 2. The summed E-state index contributed by atoms with van der Waals surface area (Å²) in [5.74, 6) is 0.946. The Hall–Kier alpha value is -4.34. The average molecular weight is 599 g/mol. The van der Waals surface area contributed by atoms with Gasteiger partial charge in [-0.2, -0.15) is 10.1 Å². The summed E-state index contributed by atoms with van der Waals surface area (Å²) in [4.78, 5) is 30.3. The molecular weight excluding hydrogens is 552 g/mol. The third-order valence-electron chi connectivity index (χ3n) is 7.75. The fraction of sp³-hybridized carbons (Fsp3) is 0.471. The molecule has 0 radical (unpaired) electrons. The summed E-state index contributed by atoms with van der Waals surface area (Å²) in [5, 5.41) is 11.7. The molecule has 1 aliphatic carbocycles. The minimum absolute atomic E-state index is 0.000610. The Bertz CT molecular complexity index is 1740. The topological polar surface area (TPSA) is 127 Å². The Morgan fingerprint density at radius 3 is 2.48 bits per heavy atom. The highest BCUT2D eigenvalue weighted by molar-refractivity contribution is 5.92. The molecule has 4 aromatic heterocycles. The van der Waals surface area contributed by atoms with Crippen molar-refractivity contribution < 1.29 is 9.32 Å². The standard InChI is InChI=1S/C30H34N8O2.2C2H6/c1-16-23(17(2)38(6)36-16)25-33-24-21(13-14-31-26(24)34-25)19-11-12-20-18(15-19)9-7-8-10-22(20)32-27(39)28-35-29(37-40-28)30(3,4)5;2*1-2/h11-15,22H,7-10H2,1-6H3,(H,32,39)(H,31,33,34);2*1-2H3. The molecule has 1 atom stereocenters. The maximum absolute atomic E-state index is 13.0. The van der Waals surface area contributed by atoms with E-state index in [0.717, 1.165) is 70.7 Å². The first-order chi connectivity index (χ1) is 21.1. The predicted octanol–water partition coefficient (Wildman–Crippen LogP) is 7.57. The largest absolute Gasteiger partial charge is 0.341 e. The number of aryl methyl sites for hydroxylation is 3. The number of carbonyl (C=O) groups excluding carboxylic acids is 1. The van der Waals surface area contributed by atoms with Gasteiger partial charge < -0.3 is 14.8 Å². The number of pyridine rings is 1. The fourth-order valence-corrected chi connectivity index (χ4v) is 5.53. The maximum Gasteiger partial charge on any atom is 0.315 e. The van der Waals surface area contributed by atoms with E-state index in [0.29, 0.717) is 11.5 Å². The molecule has 10 heteroatoms. The number of carbonyl (C=O) groups is 1. The predicted molar refractivity (Wildman–Crippen MR) is 174 cm³/mol. The molecule has 1 unspecified atom stereocenters. The lowest BCUT2D eigenvalue weighted by Gasteiger charge is -2.19. The van der Waals surface area contributed by atoms with E-state index in [1.54, 1.807) is 6.20 Å². The number of H-pyrrole nitrogens is 1. The number of nitrogens with zero attached hydrogens (tertiary/aromatic N) is 6. The maximum atomic E-state index is 13.0. The molecular formula is C34H46N8O2. The summed E-state index contributed by atoms with van der Waals surface area (Å²) in [6, 6.07) is 8.38. The second-order valence-corrected chi connectivity index (χ2v) is 11.7. The normalized spacial score (nSPS) is 14.5. The van der Waals surface area contributed by atoms with Crippen LogP contribution < -0.4 is 5.32 Å². The van der Waals surface area contributed by atoms with E-state index in [2.05, 4.69) is 48.7 Å². The van der Waals surface area contributed by atoms with Crippen molar-refractivity contribution in [1.82, 2.24) is 40.2 Å². The lowest BCUT2D eigenvalue weighted by atomic mass is 9.94. The minimum Gasteiger partial charge on any atom is -0.341 e. The van der Waals surface area contributed by atoms with Crippen molar-refractivity contribution in [2.24, 2.45) is 7.05 Å². The van der Waals surface area contributed by atoms with Gasteiger partial charge in [-0.05, 0) is 55.9 Å². The van der Waals surface area contributed by atoms with Gasteiger partial charge in [0, 0.05) is 29.9 Å². The first-order valence-corrected chi connectivity index (χ1v) is 15.7. The van der Waals surface area contributed by atoms with Crippen molar-refractivity contribution in [2.45, 2.75) is 99.5 Å². The van der Waals surface area contributed by atoms with Crippen LogP contribution in [0.2, 0.25) is 0 Å². The molecule has 1 amide bonds. The van der Waals surface area contributed by atoms with Gasteiger partial charge >= 0.3 is 11.8 Å². The van der Waals surface area contributed by atoms with Crippen molar-refractivity contribution in [3.63, 3.8) is 0 Å². The molecule has 0 aliphatic heterocycles. The van der Waals surface area contributed by atoms with Crippen molar-refractivity contribution in [1.29, 1.82) is 0 Å². The monoisotopic (exact) mass is 598 g/mol. The van der Waals surface area contributed by atoms with Crippen LogP contribution in [0.15, 0.2) is 35.0 Å². The summed E-state index contributed by atoms with van der Waals surface area (Å²) in [5.41, 5.74) is 8.72. The molecule has 0 saturated carbocycles. The molecule has 0 saturated heterocycles. The first-order valence-electron chi connectivity index (χ1n) is 15.7. The van der Waals surface area contributed by atoms with E-state index < -0.39 is 0 Å². The summed E-state index contributed by atoms with van der Waals surface area (Å²) >= 11 is 0. The van der Waals surface area contributed by atoms with Crippen LogP contribution in [0.25, 0.3) is 33.7 Å². The molecule has 5 aromatic rings. The van der Waals surface area contributed by atoms with Crippen molar-refractivity contribution in [2.75, 3.05) is 0 Å². The Balaban J connectivity index is 0.00000106. The number of hydrogen-bond acceptors (Lipinski definition) is 7. The molecule has 0 fully saturated rings. The quantitative estimate of drug-likeness (QED) is 0.204. The van der Waals surface area contributed by atoms with E-state index in [9.17, 15) is 4.79 Å². The van der Waals surface area contributed by atoms with Crippen LogP contribution in [0.1, 0.15) is 113 Å². The second kappa shape index (κ2) is 13.5. The van der Waals surface area contributed by atoms with Crippen LogP contribution in [0.3, 0.4) is 0 Å². The third-order valence-corrected chi connectivity index (χ3v) is 7.75. The number of nitrogens with one attached hydrogen (secondary N) is 2. The molecule has 2 N–H and O–H groups in total. The molecule has 0 bridgehead atoms. The highest BCUT2D eigenvalue weighted by atomic mass is 16.5. The van der Waals surface area contributed by atoms with Crippen molar-refractivity contribution in [3.8, 4) is 22.5 Å². The van der Waals surface area contributed by atoms with Gasteiger partial charge in [0.05, 0.1) is 22.8 Å². The molecule has 0 spiro atoms. The summed E-state index contributed by atoms with van der Waals surface area (Å²) in [6.07, 6.45) is 5.67. The van der Waals surface area contributed by atoms with Gasteiger partial charge in [0.2, 0.25) is 0 Å². The molecule has 1 aromatic carbocycles. The molecule has 10 nitrogen and oxygen atoms in total. The molecule has 1 aliphatic rings. The lowest BCUT2D eigenvalue weighted by Crippen LogP contribution is -2.29. The van der Waals surface area contributed by atoms with Gasteiger partial charge in [-0.25, -0.2) is 9.97 Å². The van der Waals surface area contributed by atoms with Crippen LogP contribution in [0, 0.1) is 13.8 Å². The molecule has 44 heavy (non-hydrogen) atoms. The van der Waals surface area contributed by atoms with Gasteiger partial charge in [0.25, 0.3) is 0 Å². The highest BCUT2D eigenvalue weighted by Gasteiger charge is 2.27. The van der Waals surface area contributed by atoms with E-state index in [-0.39, 0.29) is 23.3 Å². The number of imidazole rings is 1. The van der Waals surface area contributed by atoms with E-state index in [4.69, 9.17) is 9.51 Å². The zero-order valence-corrected chi connectivity index (χ0v) is 27.8. The Labute approximate surface area is 260 Å². The Kier molecular flexibility index (Phi) is 10.0. The van der Waals surface area contributed by atoms with Crippen molar-refractivity contribution >= 4 is 17.1 Å². The van der Waals surface area contributed by atoms with E-state index in [1.807, 2.05) is 80.1 Å². The number of amides is 1. The van der Waals surface area contributed by atoms with Gasteiger partial charge in [0.15, 0.2) is 11.5 Å². The van der Waals surface area contributed by atoms with Crippen LogP contribution >= 0.6 is 0 Å². The SMILES string of the molecule is CC.CC.Cc1nn(C)c(C)c1-c1nc2nccc(-c3ccc4c(c3)CCCCC4NC(=O)c3nc(C(C)(C)C)no3)c2[nH]1. The highest BCUT2D eigenvalue weighted by Crippen LogP contribution is 2.35. The zero-order chi connectivity index (χ0) is 32.2. The number of rotatable bonds is 4. The Morgan fingerprint density at radius 1 is 1.07 bits per heavy atom. The summed E-state index contributed by atoms with van der Waals surface area (Å²) < 4.78 is 7.16. The van der Waals surface area contributed by atoms with Crippen LogP contribution in [-0.4, -0.2) is 40.8 Å². The number of aromatic amines is 1. The zero-order valence-electron chi connectivity index (χ0n) is 27.8. The van der Waals surface area contributed by atoms with E-state index >= 15 is 0 Å². The van der Waals surface area contributed by atoms with Crippen LogP contribution in [0.5, 0.6) is 0 Å². The smallest absolute Gasteiger partial charge is 0.315 e. The third kappa shape index (κ3) is 6.44. The lowest BCUT2D eigenvalue weighted by molar-refractivity contribution is 0.0890. The first kappa shape index (κ1) is 32.6. The number of aromatic nitrogens is 7.